The predicted molar refractivity (Wildman–Crippen MR) is 66.9 cm³/mol. The van der Waals surface area contributed by atoms with Gasteiger partial charge in [0.05, 0.1) is 13.7 Å². The van der Waals surface area contributed by atoms with Crippen LogP contribution in [0.3, 0.4) is 0 Å². The molecule has 0 unspecified atom stereocenters. The minimum atomic E-state index is -0.517. The number of primary amides is 1. The number of methoxy groups -OCH3 is 1. The first-order chi connectivity index (χ1) is 8.54. The van der Waals surface area contributed by atoms with Gasteiger partial charge in [-0.15, -0.1) is 0 Å². The number of benzene rings is 1. The van der Waals surface area contributed by atoms with Crippen molar-refractivity contribution < 1.29 is 19.1 Å². The van der Waals surface area contributed by atoms with Gasteiger partial charge in [0.1, 0.15) is 5.78 Å². The van der Waals surface area contributed by atoms with E-state index in [-0.39, 0.29) is 5.78 Å². The van der Waals surface area contributed by atoms with Crippen LogP contribution < -0.4 is 15.2 Å². The Kier molecular flexibility index (Phi) is 5.17. The van der Waals surface area contributed by atoms with Crippen LogP contribution in [0.5, 0.6) is 11.5 Å². The van der Waals surface area contributed by atoms with E-state index in [2.05, 4.69) is 0 Å². The number of ketones is 1. The standard InChI is InChI=1S/C13H17NO4/c1-9(15)4-3-7-18-11-6-5-10(13(14)16)8-12(11)17-2/h5-6,8H,3-4,7H2,1-2H3,(H2,14,16). The fourth-order valence-corrected chi connectivity index (χ4v) is 1.44. The molecule has 5 nitrogen and oxygen atoms in total. The topological polar surface area (TPSA) is 78.6 Å². The lowest BCUT2D eigenvalue weighted by molar-refractivity contribution is -0.117. The molecule has 0 heterocycles. The van der Waals surface area contributed by atoms with Crippen molar-refractivity contribution in [2.45, 2.75) is 19.8 Å². The third kappa shape index (κ3) is 4.08. The summed E-state index contributed by atoms with van der Waals surface area (Å²) < 4.78 is 10.6. The molecule has 0 radical (unpaired) electrons. The van der Waals surface area contributed by atoms with E-state index >= 15 is 0 Å². The summed E-state index contributed by atoms with van der Waals surface area (Å²) in [5.74, 6) is 0.603. The molecule has 0 fully saturated rings. The molecule has 2 N–H and O–H groups in total. The zero-order valence-corrected chi connectivity index (χ0v) is 10.6. The lowest BCUT2D eigenvalue weighted by Gasteiger charge is -2.11. The van der Waals surface area contributed by atoms with Gasteiger partial charge in [0.2, 0.25) is 5.91 Å². The van der Waals surface area contributed by atoms with E-state index in [4.69, 9.17) is 15.2 Å². The Morgan fingerprint density at radius 3 is 2.56 bits per heavy atom. The second-order valence-corrected chi connectivity index (χ2v) is 3.88. The Labute approximate surface area is 106 Å². The normalized spacial score (nSPS) is 9.89. The van der Waals surface area contributed by atoms with Gasteiger partial charge in [0.15, 0.2) is 11.5 Å². The first-order valence-corrected chi connectivity index (χ1v) is 5.64. The highest BCUT2D eigenvalue weighted by molar-refractivity contribution is 5.93. The van der Waals surface area contributed by atoms with Gasteiger partial charge in [-0.2, -0.15) is 0 Å². The van der Waals surface area contributed by atoms with Gasteiger partial charge in [0.25, 0.3) is 0 Å². The Hall–Kier alpha value is -2.04. The fraction of sp³-hybridized carbons (Fsp3) is 0.385. The minimum Gasteiger partial charge on any atom is -0.493 e. The van der Waals surface area contributed by atoms with Crippen molar-refractivity contribution >= 4 is 11.7 Å². The van der Waals surface area contributed by atoms with Crippen molar-refractivity contribution in [2.24, 2.45) is 5.73 Å². The molecular formula is C13H17NO4. The molecule has 1 aromatic rings. The molecule has 1 aromatic carbocycles. The summed E-state index contributed by atoms with van der Waals surface area (Å²) in [6.07, 6.45) is 1.14. The zero-order chi connectivity index (χ0) is 13.5. The monoisotopic (exact) mass is 251 g/mol. The second-order valence-electron chi connectivity index (χ2n) is 3.88. The largest absolute Gasteiger partial charge is 0.493 e. The number of amides is 1. The van der Waals surface area contributed by atoms with Crippen molar-refractivity contribution in [2.75, 3.05) is 13.7 Å². The van der Waals surface area contributed by atoms with Crippen LogP contribution in [0.2, 0.25) is 0 Å². The van der Waals surface area contributed by atoms with E-state index < -0.39 is 5.91 Å². The summed E-state index contributed by atoms with van der Waals surface area (Å²) in [4.78, 5) is 21.8. The van der Waals surface area contributed by atoms with Crippen molar-refractivity contribution in [1.29, 1.82) is 0 Å². The van der Waals surface area contributed by atoms with Gasteiger partial charge in [-0.1, -0.05) is 0 Å². The van der Waals surface area contributed by atoms with Gasteiger partial charge in [-0.25, -0.2) is 0 Å². The molecule has 0 saturated heterocycles. The number of nitrogens with two attached hydrogens (primary N) is 1. The smallest absolute Gasteiger partial charge is 0.248 e. The SMILES string of the molecule is COc1cc(C(N)=O)ccc1OCCCC(C)=O. The molecule has 1 rings (SSSR count). The third-order valence-electron chi connectivity index (χ3n) is 2.38. The van der Waals surface area contributed by atoms with E-state index in [0.29, 0.717) is 36.5 Å². The molecule has 18 heavy (non-hydrogen) atoms. The van der Waals surface area contributed by atoms with Crippen molar-refractivity contribution in [1.82, 2.24) is 0 Å². The number of carbonyl (C=O) groups excluding carboxylic acids is 2. The molecule has 0 aliphatic heterocycles. The van der Waals surface area contributed by atoms with Crippen LogP contribution in [-0.2, 0) is 4.79 Å². The molecule has 0 saturated carbocycles. The van der Waals surface area contributed by atoms with Crippen LogP contribution in [0.15, 0.2) is 18.2 Å². The maximum Gasteiger partial charge on any atom is 0.248 e. The molecule has 0 atom stereocenters. The quantitative estimate of drug-likeness (QED) is 0.745. The van der Waals surface area contributed by atoms with Crippen LogP contribution in [-0.4, -0.2) is 25.4 Å². The van der Waals surface area contributed by atoms with E-state index in [1.807, 2.05) is 0 Å². The van der Waals surface area contributed by atoms with E-state index in [1.54, 1.807) is 19.1 Å². The summed E-state index contributed by atoms with van der Waals surface area (Å²) in [7, 11) is 1.49. The molecule has 1 amide bonds. The maximum absolute atomic E-state index is 11.0. The first-order valence-electron chi connectivity index (χ1n) is 5.64. The van der Waals surface area contributed by atoms with Gasteiger partial charge in [0, 0.05) is 12.0 Å². The third-order valence-corrected chi connectivity index (χ3v) is 2.38. The predicted octanol–water partition coefficient (Wildman–Crippen LogP) is 1.54. The first kappa shape index (κ1) is 14.0. The summed E-state index contributed by atoms with van der Waals surface area (Å²) in [5, 5.41) is 0. The molecular weight excluding hydrogens is 234 g/mol. The molecule has 0 aliphatic rings. The molecule has 0 aliphatic carbocycles. The van der Waals surface area contributed by atoms with Crippen LogP contribution in [0.4, 0.5) is 0 Å². The summed E-state index contributed by atoms with van der Waals surface area (Å²) in [6, 6.07) is 4.74. The molecule has 0 bridgehead atoms. The summed E-state index contributed by atoms with van der Waals surface area (Å²) in [6.45, 7) is 1.97. The lowest BCUT2D eigenvalue weighted by atomic mass is 10.2. The van der Waals surface area contributed by atoms with E-state index in [0.717, 1.165) is 0 Å². The van der Waals surface area contributed by atoms with Gasteiger partial charge < -0.3 is 20.0 Å². The zero-order valence-electron chi connectivity index (χ0n) is 10.6. The van der Waals surface area contributed by atoms with Crippen molar-refractivity contribution in [3.8, 4) is 11.5 Å². The van der Waals surface area contributed by atoms with Crippen LogP contribution in [0, 0.1) is 0 Å². The van der Waals surface area contributed by atoms with E-state index in [9.17, 15) is 9.59 Å². The Morgan fingerprint density at radius 2 is 2.00 bits per heavy atom. The molecule has 0 spiro atoms. The van der Waals surface area contributed by atoms with Gasteiger partial charge >= 0.3 is 0 Å². The fourth-order valence-electron chi connectivity index (χ4n) is 1.44. The highest BCUT2D eigenvalue weighted by Crippen LogP contribution is 2.28. The van der Waals surface area contributed by atoms with Crippen molar-refractivity contribution in [3.05, 3.63) is 23.8 Å². The maximum atomic E-state index is 11.0. The second kappa shape index (κ2) is 6.64. The highest BCUT2D eigenvalue weighted by atomic mass is 16.5. The van der Waals surface area contributed by atoms with Crippen LogP contribution in [0.25, 0.3) is 0 Å². The Morgan fingerprint density at radius 1 is 1.28 bits per heavy atom. The van der Waals surface area contributed by atoms with E-state index in [1.165, 1.54) is 13.2 Å². The molecule has 0 aromatic heterocycles. The minimum absolute atomic E-state index is 0.134. The van der Waals surface area contributed by atoms with Gasteiger partial charge in [-0.05, 0) is 31.5 Å². The number of ether oxygens (including phenoxy) is 2. The van der Waals surface area contributed by atoms with Gasteiger partial charge in [-0.3, -0.25) is 4.79 Å². The summed E-state index contributed by atoms with van der Waals surface area (Å²) in [5.41, 5.74) is 5.53. The number of rotatable bonds is 7. The number of hydrogen-bond acceptors (Lipinski definition) is 4. The molecule has 98 valence electrons. The Balaban J connectivity index is 2.65. The van der Waals surface area contributed by atoms with Crippen LogP contribution >= 0.6 is 0 Å². The Bertz CT molecular complexity index is 443. The average molecular weight is 251 g/mol. The number of carbonyl (C=O) groups is 2. The average Bonchev–Trinajstić information content (AvgIpc) is 2.34. The number of Topliss-reactive ketones (excluding diaryl/α,β-unsaturated/α-hetero) is 1. The highest BCUT2D eigenvalue weighted by Gasteiger charge is 2.08. The van der Waals surface area contributed by atoms with Crippen molar-refractivity contribution in [3.63, 3.8) is 0 Å². The molecule has 5 heteroatoms. The van der Waals surface area contributed by atoms with Crippen LogP contribution in [0.1, 0.15) is 30.1 Å². The number of hydrogen-bond donors (Lipinski definition) is 1. The summed E-state index contributed by atoms with van der Waals surface area (Å²) >= 11 is 0. The lowest BCUT2D eigenvalue weighted by Crippen LogP contribution is -2.11.